The Kier molecular flexibility index (Phi) is 5.39. The summed E-state index contributed by atoms with van der Waals surface area (Å²) in [6.45, 7) is 2.48. The summed E-state index contributed by atoms with van der Waals surface area (Å²) in [5, 5.41) is 2.74. The second-order valence-electron chi connectivity index (χ2n) is 4.76. The van der Waals surface area contributed by atoms with Crippen LogP contribution in [0.3, 0.4) is 0 Å². The van der Waals surface area contributed by atoms with Gasteiger partial charge in [-0.15, -0.1) is 0 Å². The van der Waals surface area contributed by atoms with Crippen LogP contribution in [-0.2, 0) is 14.6 Å². The minimum Gasteiger partial charge on any atom is -0.354 e. The molecule has 0 bridgehead atoms. The molecule has 5 nitrogen and oxygen atoms in total. The molecule has 2 unspecified atom stereocenters. The van der Waals surface area contributed by atoms with E-state index in [1.54, 1.807) is 0 Å². The number of sulfone groups is 1. The van der Waals surface area contributed by atoms with Gasteiger partial charge in [-0.3, -0.25) is 4.79 Å². The lowest BCUT2D eigenvalue weighted by molar-refractivity contribution is -0.122. The van der Waals surface area contributed by atoms with Gasteiger partial charge in [-0.25, -0.2) is 8.42 Å². The summed E-state index contributed by atoms with van der Waals surface area (Å²) in [6, 6.07) is -0.465. The van der Waals surface area contributed by atoms with Crippen molar-refractivity contribution in [2.24, 2.45) is 11.7 Å². The summed E-state index contributed by atoms with van der Waals surface area (Å²) in [6.07, 6.45) is 3.28. The molecule has 0 saturated carbocycles. The van der Waals surface area contributed by atoms with E-state index in [4.69, 9.17) is 5.73 Å². The first-order valence-corrected chi connectivity index (χ1v) is 8.00. The standard InChI is InChI=1S/C11H22N2O3S/c1-2-3-4-10(12)11(14)13-7-9-5-6-17(15,16)8-9/h9-10H,2-8,12H2,1H3,(H,13,14). The Bertz CT molecular complexity index is 354. The zero-order valence-electron chi connectivity index (χ0n) is 10.3. The molecule has 1 saturated heterocycles. The molecular weight excluding hydrogens is 240 g/mol. The van der Waals surface area contributed by atoms with Crippen molar-refractivity contribution in [1.29, 1.82) is 0 Å². The van der Waals surface area contributed by atoms with Crippen molar-refractivity contribution in [2.75, 3.05) is 18.1 Å². The normalized spacial score (nSPS) is 24.5. The van der Waals surface area contributed by atoms with Crippen LogP contribution in [0.4, 0.5) is 0 Å². The van der Waals surface area contributed by atoms with E-state index in [1.165, 1.54) is 0 Å². The quantitative estimate of drug-likeness (QED) is 0.708. The molecule has 17 heavy (non-hydrogen) atoms. The van der Waals surface area contributed by atoms with Crippen LogP contribution >= 0.6 is 0 Å². The first kappa shape index (κ1) is 14.4. The highest BCUT2D eigenvalue weighted by Gasteiger charge is 2.28. The highest BCUT2D eigenvalue weighted by molar-refractivity contribution is 7.91. The minimum absolute atomic E-state index is 0.0577. The Labute approximate surface area is 103 Å². The van der Waals surface area contributed by atoms with Crippen LogP contribution in [0.1, 0.15) is 32.6 Å². The third-order valence-corrected chi connectivity index (χ3v) is 4.93. The van der Waals surface area contributed by atoms with Crippen LogP contribution in [0.15, 0.2) is 0 Å². The first-order valence-electron chi connectivity index (χ1n) is 6.18. The second kappa shape index (κ2) is 6.35. The smallest absolute Gasteiger partial charge is 0.236 e. The van der Waals surface area contributed by atoms with Crippen molar-refractivity contribution in [3.05, 3.63) is 0 Å². The zero-order chi connectivity index (χ0) is 12.9. The third kappa shape index (κ3) is 5.04. The van der Waals surface area contributed by atoms with E-state index in [1.807, 2.05) is 6.92 Å². The zero-order valence-corrected chi connectivity index (χ0v) is 11.1. The van der Waals surface area contributed by atoms with Crippen molar-refractivity contribution in [3.63, 3.8) is 0 Å². The average Bonchev–Trinajstić information content (AvgIpc) is 2.62. The molecule has 1 aliphatic rings. The highest BCUT2D eigenvalue weighted by atomic mass is 32.2. The lowest BCUT2D eigenvalue weighted by Gasteiger charge is -2.14. The molecule has 6 heteroatoms. The van der Waals surface area contributed by atoms with Crippen LogP contribution in [0.5, 0.6) is 0 Å². The third-order valence-electron chi connectivity index (χ3n) is 3.10. The minimum atomic E-state index is -2.86. The monoisotopic (exact) mass is 262 g/mol. The van der Waals surface area contributed by atoms with Crippen molar-refractivity contribution in [1.82, 2.24) is 5.32 Å². The van der Waals surface area contributed by atoms with E-state index in [0.717, 1.165) is 12.8 Å². The SMILES string of the molecule is CCCCC(N)C(=O)NCC1CCS(=O)(=O)C1. The van der Waals surface area contributed by atoms with E-state index >= 15 is 0 Å². The summed E-state index contributed by atoms with van der Waals surface area (Å²) in [7, 11) is -2.86. The van der Waals surface area contributed by atoms with E-state index in [0.29, 0.717) is 19.4 Å². The van der Waals surface area contributed by atoms with Gasteiger partial charge < -0.3 is 11.1 Å². The molecule has 0 aromatic heterocycles. The molecule has 1 aliphatic heterocycles. The number of unbranched alkanes of at least 4 members (excludes halogenated alkanes) is 1. The fraction of sp³-hybridized carbons (Fsp3) is 0.909. The van der Waals surface area contributed by atoms with Gasteiger partial charge in [0.15, 0.2) is 9.84 Å². The van der Waals surface area contributed by atoms with Crippen LogP contribution in [-0.4, -0.2) is 38.4 Å². The summed E-state index contributed by atoms with van der Waals surface area (Å²) in [5.41, 5.74) is 5.71. The van der Waals surface area contributed by atoms with Gasteiger partial charge >= 0.3 is 0 Å². The van der Waals surface area contributed by atoms with Crippen LogP contribution < -0.4 is 11.1 Å². The van der Waals surface area contributed by atoms with Crippen LogP contribution in [0.25, 0.3) is 0 Å². The molecule has 0 spiro atoms. The van der Waals surface area contributed by atoms with E-state index in [2.05, 4.69) is 5.32 Å². The maximum Gasteiger partial charge on any atom is 0.236 e. The Hall–Kier alpha value is -0.620. The number of amides is 1. The van der Waals surface area contributed by atoms with E-state index in [9.17, 15) is 13.2 Å². The van der Waals surface area contributed by atoms with Gasteiger partial charge in [0, 0.05) is 6.54 Å². The number of nitrogens with one attached hydrogen (secondary N) is 1. The average molecular weight is 262 g/mol. The second-order valence-corrected chi connectivity index (χ2v) is 6.99. The van der Waals surface area contributed by atoms with Gasteiger partial charge in [-0.1, -0.05) is 19.8 Å². The topological polar surface area (TPSA) is 89.3 Å². The van der Waals surface area contributed by atoms with Crippen molar-refractivity contribution >= 4 is 15.7 Å². The number of rotatable bonds is 6. The largest absolute Gasteiger partial charge is 0.354 e. The summed E-state index contributed by atoms with van der Waals surface area (Å²) in [5.74, 6) is 0.331. The number of hydrogen-bond donors (Lipinski definition) is 2. The Morgan fingerprint density at radius 3 is 2.76 bits per heavy atom. The van der Waals surface area contributed by atoms with Gasteiger partial charge in [0.25, 0.3) is 0 Å². The summed E-state index contributed by atoms with van der Waals surface area (Å²) >= 11 is 0. The fourth-order valence-corrected chi connectivity index (χ4v) is 3.83. The maximum atomic E-state index is 11.6. The van der Waals surface area contributed by atoms with Crippen molar-refractivity contribution < 1.29 is 13.2 Å². The Morgan fingerprint density at radius 2 is 2.24 bits per heavy atom. The van der Waals surface area contributed by atoms with Crippen LogP contribution in [0.2, 0.25) is 0 Å². The fourth-order valence-electron chi connectivity index (χ4n) is 1.96. The summed E-state index contributed by atoms with van der Waals surface area (Å²) in [4.78, 5) is 11.6. The van der Waals surface area contributed by atoms with Crippen LogP contribution in [0, 0.1) is 5.92 Å². The van der Waals surface area contributed by atoms with Crippen molar-refractivity contribution in [3.8, 4) is 0 Å². The van der Waals surface area contributed by atoms with Crippen molar-refractivity contribution in [2.45, 2.75) is 38.6 Å². The molecule has 0 aromatic rings. The molecular formula is C11H22N2O3S. The predicted molar refractivity (Wildman–Crippen MR) is 67.3 cm³/mol. The number of nitrogens with two attached hydrogens (primary N) is 1. The molecule has 3 N–H and O–H groups in total. The van der Waals surface area contributed by atoms with Gasteiger partial charge in [0.1, 0.15) is 0 Å². The molecule has 0 aromatic carbocycles. The van der Waals surface area contributed by atoms with E-state index in [-0.39, 0.29) is 23.3 Å². The van der Waals surface area contributed by atoms with Gasteiger partial charge in [-0.05, 0) is 18.8 Å². The predicted octanol–water partition coefficient (Wildman–Crippen LogP) is 0.0548. The number of carbonyl (C=O) groups is 1. The maximum absolute atomic E-state index is 11.6. The Morgan fingerprint density at radius 1 is 1.53 bits per heavy atom. The highest BCUT2D eigenvalue weighted by Crippen LogP contribution is 2.17. The molecule has 1 fully saturated rings. The van der Waals surface area contributed by atoms with Gasteiger partial charge in [-0.2, -0.15) is 0 Å². The Balaban J connectivity index is 2.24. The molecule has 1 rings (SSSR count). The lowest BCUT2D eigenvalue weighted by atomic mass is 10.1. The van der Waals surface area contributed by atoms with E-state index < -0.39 is 15.9 Å². The molecule has 0 aliphatic carbocycles. The number of carbonyl (C=O) groups excluding carboxylic acids is 1. The lowest BCUT2D eigenvalue weighted by Crippen LogP contribution is -2.42. The molecule has 100 valence electrons. The molecule has 2 atom stereocenters. The molecule has 1 amide bonds. The first-order chi connectivity index (χ1) is 7.94. The summed E-state index contributed by atoms with van der Waals surface area (Å²) < 4.78 is 22.4. The number of hydrogen-bond acceptors (Lipinski definition) is 4. The van der Waals surface area contributed by atoms with Gasteiger partial charge in [0.05, 0.1) is 17.5 Å². The molecule has 1 heterocycles. The van der Waals surface area contributed by atoms with Gasteiger partial charge in [0.2, 0.25) is 5.91 Å². The molecule has 0 radical (unpaired) electrons.